The van der Waals surface area contributed by atoms with E-state index in [0.29, 0.717) is 4.32 Å². The van der Waals surface area contributed by atoms with Crippen LogP contribution in [0.15, 0.2) is 53.3 Å². The topological polar surface area (TPSA) is 32.7 Å². The largest absolute Gasteiger partial charge is 0.497 e. The van der Waals surface area contributed by atoms with Gasteiger partial charge in [0, 0.05) is 9.81 Å². The summed E-state index contributed by atoms with van der Waals surface area (Å²) in [5.41, 5.74) is 1.02. The predicted octanol–water partition coefficient (Wildman–Crippen LogP) is 3.83. The third-order valence-corrected chi connectivity index (χ3v) is 5.75. The fraction of sp³-hybridized carbons (Fsp3) is 0.188. The minimum Gasteiger partial charge on any atom is -0.497 e. The van der Waals surface area contributed by atoms with Gasteiger partial charge in [-0.05, 0) is 29.2 Å². The van der Waals surface area contributed by atoms with Crippen molar-refractivity contribution in [2.75, 3.05) is 7.11 Å². The highest BCUT2D eigenvalue weighted by atomic mass is 32.2. The van der Waals surface area contributed by atoms with E-state index in [-0.39, 0.29) is 6.04 Å². The number of thiocarbonyl (C=S) groups is 1. The van der Waals surface area contributed by atoms with Gasteiger partial charge in [0.05, 0.1) is 13.2 Å². The van der Waals surface area contributed by atoms with Crippen LogP contribution in [0, 0.1) is 0 Å². The number of hydrogen-bond acceptors (Lipinski definition) is 5. The van der Waals surface area contributed by atoms with Crippen molar-refractivity contribution in [1.29, 1.82) is 0 Å². The summed E-state index contributed by atoms with van der Waals surface area (Å²) in [6.45, 7) is 4.02. The number of aliphatic hydroxyl groups is 1. The Morgan fingerprint density at radius 3 is 2.59 bits per heavy atom. The second-order valence-corrected chi connectivity index (χ2v) is 7.51. The molecule has 2 aliphatic heterocycles. The Balaban J connectivity index is 1.85. The highest BCUT2D eigenvalue weighted by molar-refractivity contribution is 8.29. The molecular weight excluding hydrogens is 334 g/mol. The Hall–Kier alpha value is -1.21. The molecule has 0 aliphatic carbocycles. The SMILES string of the molecule is C=C1SC=CC1N1C(=S)SC(c2ccc(OC)cc2)=CC1O. The molecule has 2 atom stereocenters. The molecule has 3 rings (SSSR count). The molecule has 2 aliphatic rings. The fourth-order valence-corrected chi connectivity index (χ4v) is 4.50. The van der Waals surface area contributed by atoms with Gasteiger partial charge in [-0.2, -0.15) is 0 Å². The van der Waals surface area contributed by atoms with Crippen LogP contribution >= 0.6 is 35.7 Å². The van der Waals surface area contributed by atoms with Crippen molar-refractivity contribution in [2.45, 2.75) is 12.3 Å². The lowest BCUT2D eigenvalue weighted by molar-refractivity contribution is 0.0938. The molecule has 0 saturated carbocycles. The number of ether oxygens (including phenoxy) is 1. The standard InChI is InChI=1S/C16H15NO2S3/c1-10-13(7-8-21-10)17-15(18)9-14(22-16(17)20)11-3-5-12(19-2)6-4-11/h3-9,13,15,18H,1H2,2H3. The van der Waals surface area contributed by atoms with Crippen LogP contribution in [0.5, 0.6) is 5.75 Å². The van der Waals surface area contributed by atoms with E-state index in [0.717, 1.165) is 21.1 Å². The first-order valence-electron chi connectivity index (χ1n) is 6.67. The summed E-state index contributed by atoms with van der Waals surface area (Å²) in [7, 11) is 1.64. The number of thioether (sulfide) groups is 2. The zero-order valence-electron chi connectivity index (χ0n) is 11.9. The van der Waals surface area contributed by atoms with Crippen LogP contribution in [-0.2, 0) is 0 Å². The molecule has 1 N–H and O–H groups in total. The maximum Gasteiger partial charge on any atom is 0.149 e. The first-order chi connectivity index (χ1) is 10.6. The van der Waals surface area contributed by atoms with Gasteiger partial charge in [0.2, 0.25) is 0 Å². The zero-order chi connectivity index (χ0) is 15.7. The van der Waals surface area contributed by atoms with Crippen molar-refractivity contribution >= 4 is 45.0 Å². The monoisotopic (exact) mass is 349 g/mol. The number of hydrogen-bond donors (Lipinski definition) is 1. The second kappa shape index (κ2) is 6.50. The van der Waals surface area contributed by atoms with E-state index in [1.165, 1.54) is 11.8 Å². The summed E-state index contributed by atoms with van der Waals surface area (Å²) < 4.78 is 5.82. The van der Waals surface area contributed by atoms with E-state index in [2.05, 4.69) is 6.58 Å². The Morgan fingerprint density at radius 1 is 1.32 bits per heavy atom. The quantitative estimate of drug-likeness (QED) is 0.835. The summed E-state index contributed by atoms with van der Waals surface area (Å²) in [4.78, 5) is 3.74. The van der Waals surface area contributed by atoms with Gasteiger partial charge in [-0.25, -0.2) is 0 Å². The fourth-order valence-electron chi connectivity index (χ4n) is 2.32. The van der Waals surface area contributed by atoms with E-state index < -0.39 is 6.23 Å². The molecule has 0 radical (unpaired) electrons. The maximum atomic E-state index is 10.5. The second-order valence-electron chi connectivity index (χ2n) is 4.81. The van der Waals surface area contributed by atoms with Gasteiger partial charge in [0.25, 0.3) is 0 Å². The van der Waals surface area contributed by atoms with Crippen LogP contribution in [0.2, 0.25) is 0 Å². The van der Waals surface area contributed by atoms with Crippen molar-refractivity contribution < 1.29 is 9.84 Å². The van der Waals surface area contributed by atoms with Gasteiger partial charge in [-0.15, -0.1) is 11.8 Å². The molecule has 1 aromatic carbocycles. The molecule has 1 aromatic rings. The molecule has 0 spiro atoms. The van der Waals surface area contributed by atoms with Crippen LogP contribution < -0.4 is 4.74 Å². The van der Waals surface area contributed by atoms with E-state index in [4.69, 9.17) is 17.0 Å². The average Bonchev–Trinajstić information content (AvgIpc) is 2.93. The van der Waals surface area contributed by atoms with E-state index >= 15 is 0 Å². The molecule has 6 heteroatoms. The lowest BCUT2D eigenvalue weighted by atomic mass is 10.1. The molecule has 0 amide bonds. The van der Waals surface area contributed by atoms with E-state index in [9.17, 15) is 5.11 Å². The summed E-state index contributed by atoms with van der Waals surface area (Å²) >= 11 is 8.56. The predicted molar refractivity (Wildman–Crippen MR) is 98.7 cm³/mol. The van der Waals surface area contributed by atoms with Crippen LogP contribution in [0.4, 0.5) is 0 Å². The highest BCUT2D eigenvalue weighted by Gasteiger charge is 2.33. The molecular formula is C16H15NO2S3. The van der Waals surface area contributed by atoms with Gasteiger partial charge < -0.3 is 14.7 Å². The molecule has 0 aromatic heterocycles. The van der Waals surface area contributed by atoms with Crippen LogP contribution in [0.25, 0.3) is 4.91 Å². The maximum absolute atomic E-state index is 10.5. The van der Waals surface area contributed by atoms with Crippen molar-refractivity contribution in [2.24, 2.45) is 0 Å². The summed E-state index contributed by atoms with van der Waals surface area (Å²) in [5, 5.41) is 12.5. The van der Waals surface area contributed by atoms with Crippen molar-refractivity contribution in [1.82, 2.24) is 4.90 Å². The zero-order valence-corrected chi connectivity index (χ0v) is 14.4. The summed E-state index contributed by atoms with van der Waals surface area (Å²) in [5.74, 6) is 0.805. The average molecular weight is 350 g/mol. The minimum absolute atomic E-state index is 0.0475. The third-order valence-electron chi connectivity index (χ3n) is 3.48. The third kappa shape index (κ3) is 2.96. The first-order valence-corrected chi connectivity index (χ1v) is 8.77. The van der Waals surface area contributed by atoms with Gasteiger partial charge >= 0.3 is 0 Å². The van der Waals surface area contributed by atoms with Gasteiger partial charge in [-0.3, -0.25) is 0 Å². The number of methoxy groups -OCH3 is 1. The number of rotatable bonds is 3. The summed E-state index contributed by atoms with van der Waals surface area (Å²) in [6, 6.07) is 7.68. The Labute approximate surface area is 143 Å². The van der Waals surface area contributed by atoms with Gasteiger partial charge in [0.15, 0.2) is 0 Å². The molecule has 0 bridgehead atoms. The lowest BCUT2D eigenvalue weighted by Crippen LogP contribution is -2.45. The molecule has 2 heterocycles. The Kier molecular flexibility index (Phi) is 4.63. The first kappa shape index (κ1) is 15.7. The van der Waals surface area contributed by atoms with Crippen LogP contribution in [0.3, 0.4) is 0 Å². The Bertz CT molecular complexity index is 666. The Morgan fingerprint density at radius 2 is 2.05 bits per heavy atom. The summed E-state index contributed by atoms with van der Waals surface area (Å²) in [6.07, 6.45) is 3.08. The molecule has 22 heavy (non-hydrogen) atoms. The molecule has 2 unspecified atom stereocenters. The number of aliphatic hydroxyl groups excluding tert-OH is 1. The smallest absolute Gasteiger partial charge is 0.149 e. The van der Waals surface area contributed by atoms with Crippen molar-refractivity contribution in [3.8, 4) is 5.75 Å². The number of nitrogens with zero attached hydrogens (tertiary/aromatic N) is 1. The van der Waals surface area contributed by atoms with Gasteiger partial charge in [-0.1, -0.05) is 48.8 Å². The lowest BCUT2D eigenvalue weighted by Gasteiger charge is -2.36. The molecule has 3 nitrogen and oxygen atoms in total. The molecule has 0 saturated heterocycles. The van der Waals surface area contributed by atoms with E-state index in [1.807, 2.05) is 46.7 Å². The van der Waals surface area contributed by atoms with Gasteiger partial charge in [0.1, 0.15) is 16.3 Å². The van der Waals surface area contributed by atoms with Crippen LogP contribution in [0.1, 0.15) is 5.56 Å². The van der Waals surface area contributed by atoms with Crippen molar-refractivity contribution in [3.63, 3.8) is 0 Å². The molecule has 0 fully saturated rings. The minimum atomic E-state index is -0.754. The number of benzene rings is 1. The van der Waals surface area contributed by atoms with Crippen molar-refractivity contribution in [3.05, 3.63) is 58.9 Å². The van der Waals surface area contributed by atoms with E-state index in [1.54, 1.807) is 18.9 Å². The molecule has 114 valence electrons. The highest BCUT2D eigenvalue weighted by Crippen LogP contribution is 2.40. The normalized spacial score (nSPS) is 24.6. The van der Waals surface area contributed by atoms with Crippen LogP contribution in [-0.4, -0.2) is 33.7 Å².